The molecule has 1 rings (SSSR count). The number of nitrogens with zero attached hydrogens (tertiary/aromatic N) is 1. The molecule has 5 N–H and O–H groups in total. The van der Waals surface area contributed by atoms with Crippen molar-refractivity contribution >= 4 is 36.3 Å². The summed E-state index contributed by atoms with van der Waals surface area (Å²) >= 11 is 4.01. The Kier molecular flexibility index (Phi) is 10.6. The quantitative estimate of drug-likeness (QED) is 0.292. The molecule has 0 bridgehead atoms. The number of nitrogens with two attached hydrogens (primary N) is 1. The summed E-state index contributed by atoms with van der Waals surface area (Å²) in [6.45, 7) is 8.03. The zero-order valence-corrected chi connectivity index (χ0v) is 19.2. The first-order chi connectivity index (χ1) is 14.0. The lowest BCUT2D eigenvalue weighted by Crippen LogP contribution is -2.57. The number of thiol groups is 1. The Morgan fingerprint density at radius 1 is 1.03 bits per heavy atom. The van der Waals surface area contributed by atoms with Gasteiger partial charge in [0.25, 0.3) is 0 Å². The van der Waals surface area contributed by atoms with Crippen LogP contribution in [0.2, 0.25) is 0 Å². The van der Waals surface area contributed by atoms with Crippen LogP contribution in [0.25, 0.3) is 0 Å². The minimum atomic E-state index is -1.04. The number of carbonyl (C=O) groups excluding carboxylic acids is 3. The summed E-state index contributed by atoms with van der Waals surface area (Å²) in [5.41, 5.74) is 5.70. The third kappa shape index (κ3) is 7.79. The monoisotopic (exact) mass is 444 g/mol. The first kappa shape index (κ1) is 26.2. The topological polar surface area (TPSA) is 142 Å². The molecule has 30 heavy (non-hydrogen) atoms. The van der Waals surface area contributed by atoms with Crippen LogP contribution in [-0.2, 0) is 19.2 Å². The van der Waals surface area contributed by atoms with Crippen molar-refractivity contribution in [2.45, 2.75) is 77.5 Å². The van der Waals surface area contributed by atoms with Crippen molar-refractivity contribution in [3.05, 3.63) is 0 Å². The standard InChI is InChI=1S/C20H36N4O5S/c1-11(2)8-14(22-17(25)13(21)10-30)18(26)23-15(9-12(3)4)19(27)24-7-5-6-16(24)20(28)29/h11-16,30H,5-10,21H2,1-4H3,(H,22,25)(H,23,26)(H,28,29). The first-order valence-corrected chi connectivity index (χ1v) is 11.1. The Hall–Kier alpha value is -1.81. The highest BCUT2D eigenvalue weighted by molar-refractivity contribution is 7.80. The van der Waals surface area contributed by atoms with E-state index in [1.165, 1.54) is 4.90 Å². The second-order valence-corrected chi connectivity index (χ2v) is 9.06. The van der Waals surface area contributed by atoms with Gasteiger partial charge in [-0.1, -0.05) is 27.7 Å². The SMILES string of the molecule is CC(C)CC(NC(=O)C(N)CS)C(=O)NC(CC(C)C)C(=O)N1CCCC1C(=O)O. The Morgan fingerprint density at radius 3 is 2.07 bits per heavy atom. The van der Waals surface area contributed by atoms with Crippen LogP contribution in [0.4, 0.5) is 0 Å². The van der Waals surface area contributed by atoms with E-state index in [-0.39, 0.29) is 17.6 Å². The first-order valence-electron chi connectivity index (χ1n) is 10.5. The second kappa shape index (κ2) is 12.1. The number of rotatable bonds is 11. The molecule has 4 unspecified atom stereocenters. The van der Waals surface area contributed by atoms with Crippen LogP contribution < -0.4 is 16.4 Å². The number of likely N-dealkylation sites (tertiary alicyclic amines) is 1. The highest BCUT2D eigenvalue weighted by Crippen LogP contribution is 2.20. The van der Waals surface area contributed by atoms with E-state index in [0.717, 1.165) is 0 Å². The summed E-state index contributed by atoms with van der Waals surface area (Å²) in [5.74, 6) is -2.05. The van der Waals surface area contributed by atoms with E-state index in [4.69, 9.17) is 5.73 Å². The molecule has 0 aromatic carbocycles. The average Bonchev–Trinajstić information content (AvgIpc) is 3.14. The third-order valence-corrected chi connectivity index (χ3v) is 5.41. The molecule has 1 fully saturated rings. The molecule has 10 heteroatoms. The molecule has 0 aliphatic carbocycles. The van der Waals surface area contributed by atoms with Crippen molar-refractivity contribution in [3.63, 3.8) is 0 Å². The Bertz CT molecular complexity index is 628. The summed E-state index contributed by atoms with van der Waals surface area (Å²) in [5, 5.41) is 14.8. The Labute approximate surface area is 183 Å². The van der Waals surface area contributed by atoms with E-state index < -0.39 is 47.9 Å². The largest absolute Gasteiger partial charge is 0.480 e. The van der Waals surface area contributed by atoms with Crippen molar-refractivity contribution in [1.29, 1.82) is 0 Å². The summed E-state index contributed by atoms with van der Waals surface area (Å²) in [6.07, 6.45) is 1.75. The maximum atomic E-state index is 13.1. The van der Waals surface area contributed by atoms with Gasteiger partial charge in [0.1, 0.15) is 18.1 Å². The fraction of sp³-hybridized carbons (Fsp3) is 0.800. The van der Waals surface area contributed by atoms with Crippen LogP contribution in [0.1, 0.15) is 53.4 Å². The van der Waals surface area contributed by atoms with Crippen molar-refractivity contribution in [2.24, 2.45) is 17.6 Å². The van der Waals surface area contributed by atoms with E-state index in [2.05, 4.69) is 23.3 Å². The lowest BCUT2D eigenvalue weighted by molar-refractivity contribution is -0.149. The molecule has 0 aromatic heterocycles. The number of amides is 3. The van der Waals surface area contributed by atoms with Gasteiger partial charge in [-0.25, -0.2) is 4.79 Å². The molecule has 0 aromatic rings. The zero-order valence-electron chi connectivity index (χ0n) is 18.3. The Morgan fingerprint density at radius 2 is 1.57 bits per heavy atom. The predicted octanol–water partition coefficient (Wildman–Crippen LogP) is 0.381. The van der Waals surface area contributed by atoms with Gasteiger partial charge in [0, 0.05) is 12.3 Å². The summed E-state index contributed by atoms with van der Waals surface area (Å²) in [7, 11) is 0. The predicted molar refractivity (Wildman–Crippen MR) is 117 cm³/mol. The molecule has 9 nitrogen and oxygen atoms in total. The molecule has 3 amide bonds. The molecule has 0 radical (unpaired) electrons. The van der Waals surface area contributed by atoms with Crippen LogP contribution in [0.15, 0.2) is 0 Å². The highest BCUT2D eigenvalue weighted by atomic mass is 32.1. The number of hydrogen-bond donors (Lipinski definition) is 5. The van der Waals surface area contributed by atoms with Gasteiger partial charge < -0.3 is 26.4 Å². The summed E-state index contributed by atoms with van der Waals surface area (Å²) in [6, 6.07) is -3.42. The normalized spacial score (nSPS) is 19.5. The van der Waals surface area contributed by atoms with Crippen molar-refractivity contribution in [1.82, 2.24) is 15.5 Å². The van der Waals surface area contributed by atoms with Gasteiger partial charge in [-0.05, 0) is 37.5 Å². The highest BCUT2D eigenvalue weighted by Gasteiger charge is 2.38. The lowest BCUT2D eigenvalue weighted by atomic mass is 9.99. The molecule has 0 spiro atoms. The van der Waals surface area contributed by atoms with Gasteiger partial charge in [-0.15, -0.1) is 0 Å². The van der Waals surface area contributed by atoms with Gasteiger partial charge >= 0.3 is 5.97 Å². The van der Waals surface area contributed by atoms with Crippen molar-refractivity contribution < 1.29 is 24.3 Å². The number of hydrogen-bond acceptors (Lipinski definition) is 6. The zero-order chi connectivity index (χ0) is 23.0. The molecule has 1 heterocycles. The molecule has 1 saturated heterocycles. The summed E-state index contributed by atoms with van der Waals surface area (Å²) in [4.78, 5) is 51.1. The van der Waals surface area contributed by atoms with Crippen LogP contribution in [0.5, 0.6) is 0 Å². The fourth-order valence-electron chi connectivity index (χ4n) is 3.52. The van der Waals surface area contributed by atoms with Gasteiger partial charge in [-0.2, -0.15) is 12.6 Å². The number of carboxylic acid groups (broad SMARTS) is 1. The van der Waals surface area contributed by atoms with Crippen molar-refractivity contribution in [2.75, 3.05) is 12.3 Å². The second-order valence-electron chi connectivity index (χ2n) is 8.70. The molecule has 4 atom stereocenters. The fourth-order valence-corrected chi connectivity index (χ4v) is 3.68. The van der Waals surface area contributed by atoms with E-state index in [1.54, 1.807) is 0 Å². The molecule has 0 saturated carbocycles. The van der Waals surface area contributed by atoms with Crippen molar-refractivity contribution in [3.8, 4) is 0 Å². The number of carboxylic acids is 1. The molecule has 1 aliphatic rings. The summed E-state index contributed by atoms with van der Waals surface area (Å²) < 4.78 is 0. The smallest absolute Gasteiger partial charge is 0.326 e. The van der Waals surface area contributed by atoms with E-state index in [0.29, 0.717) is 32.2 Å². The number of nitrogens with one attached hydrogen (secondary N) is 2. The van der Waals surface area contributed by atoms with Crippen LogP contribution in [-0.4, -0.2) is 70.2 Å². The van der Waals surface area contributed by atoms with Gasteiger partial charge in [-0.3, -0.25) is 14.4 Å². The Balaban J connectivity index is 2.99. The van der Waals surface area contributed by atoms with Gasteiger partial charge in [0.2, 0.25) is 17.7 Å². The van der Waals surface area contributed by atoms with Crippen LogP contribution in [0.3, 0.4) is 0 Å². The van der Waals surface area contributed by atoms with E-state index in [1.807, 2.05) is 27.7 Å². The minimum absolute atomic E-state index is 0.0980. The third-order valence-electron chi connectivity index (χ3n) is 5.02. The van der Waals surface area contributed by atoms with Crippen LogP contribution in [0, 0.1) is 11.8 Å². The van der Waals surface area contributed by atoms with Gasteiger partial charge in [0.05, 0.1) is 6.04 Å². The lowest BCUT2D eigenvalue weighted by Gasteiger charge is -2.30. The maximum absolute atomic E-state index is 13.1. The van der Waals surface area contributed by atoms with Crippen LogP contribution >= 0.6 is 12.6 Å². The average molecular weight is 445 g/mol. The van der Waals surface area contributed by atoms with E-state index >= 15 is 0 Å². The number of carbonyl (C=O) groups is 4. The number of aliphatic carboxylic acids is 1. The molecule has 172 valence electrons. The molecular weight excluding hydrogens is 408 g/mol. The van der Waals surface area contributed by atoms with Gasteiger partial charge in [0.15, 0.2) is 0 Å². The minimum Gasteiger partial charge on any atom is -0.480 e. The molecular formula is C20H36N4O5S. The maximum Gasteiger partial charge on any atom is 0.326 e. The van der Waals surface area contributed by atoms with E-state index in [9.17, 15) is 24.3 Å². The molecule has 1 aliphatic heterocycles.